The van der Waals surface area contributed by atoms with E-state index in [4.69, 9.17) is 16.3 Å². The zero-order chi connectivity index (χ0) is 15.3. The standard InChI is InChI=1S/C15H14ClFN2O2S/c16-10-3-9(4-11(17)5-10)14-19(1-2-22-14)12-6-15(7-21-8-15)18-13(12)20/h1-5,12,14H,6-8H2,(H,18,20)/t12?,14-/m0/s1. The van der Waals surface area contributed by atoms with Crippen LogP contribution in [0.3, 0.4) is 0 Å². The molecule has 2 fully saturated rings. The zero-order valence-electron chi connectivity index (χ0n) is 11.6. The number of thioether (sulfide) groups is 1. The third-order valence-electron chi connectivity index (χ3n) is 4.27. The Morgan fingerprint density at radius 2 is 2.23 bits per heavy atom. The maximum Gasteiger partial charge on any atom is 0.243 e. The van der Waals surface area contributed by atoms with Gasteiger partial charge in [-0.1, -0.05) is 11.6 Å². The Balaban J connectivity index is 1.61. The van der Waals surface area contributed by atoms with Crippen molar-refractivity contribution < 1.29 is 13.9 Å². The van der Waals surface area contributed by atoms with Gasteiger partial charge in [-0.25, -0.2) is 4.39 Å². The van der Waals surface area contributed by atoms with Crippen LogP contribution in [0.25, 0.3) is 0 Å². The van der Waals surface area contributed by atoms with Crippen LogP contribution in [0.2, 0.25) is 5.02 Å². The van der Waals surface area contributed by atoms with Crippen molar-refractivity contribution in [3.8, 4) is 0 Å². The van der Waals surface area contributed by atoms with Crippen molar-refractivity contribution in [1.82, 2.24) is 10.2 Å². The summed E-state index contributed by atoms with van der Waals surface area (Å²) in [5, 5.41) is 5.19. The van der Waals surface area contributed by atoms with E-state index in [-0.39, 0.29) is 28.7 Å². The number of nitrogens with one attached hydrogen (secondary N) is 1. The van der Waals surface area contributed by atoms with Crippen LogP contribution in [0.4, 0.5) is 4.39 Å². The summed E-state index contributed by atoms with van der Waals surface area (Å²) in [6.45, 7) is 1.13. The van der Waals surface area contributed by atoms with E-state index in [9.17, 15) is 9.18 Å². The van der Waals surface area contributed by atoms with E-state index in [1.807, 2.05) is 16.5 Å². The predicted octanol–water partition coefficient (Wildman–Crippen LogP) is 2.66. The Kier molecular flexibility index (Phi) is 3.36. The molecule has 1 aromatic rings. The van der Waals surface area contributed by atoms with E-state index in [1.165, 1.54) is 12.1 Å². The molecule has 0 radical (unpaired) electrons. The molecular formula is C15H14ClFN2O2S. The van der Waals surface area contributed by atoms with Crippen LogP contribution in [0, 0.1) is 5.82 Å². The van der Waals surface area contributed by atoms with Gasteiger partial charge in [0.05, 0.1) is 18.8 Å². The number of halogens is 2. The molecular weight excluding hydrogens is 327 g/mol. The van der Waals surface area contributed by atoms with Gasteiger partial charge >= 0.3 is 0 Å². The Morgan fingerprint density at radius 3 is 2.86 bits per heavy atom. The Labute approximate surface area is 136 Å². The number of hydrogen-bond acceptors (Lipinski definition) is 4. The SMILES string of the molecule is O=C1NC2(COC2)CC1N1C=CS[C@H]1c1cc(F)cc(Cl)c1. The molecule has 0 aliphatic carbocycles. The lowest BCUT2D eigenvalue weighted by Crippen LogP contribution is -2.57. The largest absolute Gasteiger partial charge is 0.376 e. The number of ether oxygens (including phenoxy) is 1. The van der Waals surface area contributed by atoms with Crippen LogP contribution in [-0.2, 0) is 9.53 Å². The second-order valence-corrected chi connectivity index (χ2v) is 7.33. The Bertz CT molecular complexity index is 645. The molecule has 3 aliphatic rings. The lowest BCUT2D eigenvalue weighted by Gasteiger charge is -2.38. The summed E-state index contributed by atoms with van der Waals surface area (Å²) < 4.78 is 18.9. The van der Waals surface area contributed by atoms with E-state index in [0.717, 1.165) is 5.56 Å². The van der Waals surface area contributed by atoms with E-state index >= 15 is 0 Å². The monoisotopic (exact) mass is 340 g/mol. The van der Waals surface area contributed by atoms with Crippen LogP contribution >= 0.6 is 23.4 Å². The van der Waals surface area contributed by atoms with Gasteiger partial charge in [-0.15, -0.1) is 11.8 Å². The first kappa shape index (κ1) is 14.4. The fourth-order valence-electron chi connectivity index (χ4n) is 3.20. The molecule has 4 nitrogen and oxygen atoms in total. The van der Waals surface area contributed by atoms with Crippen molar-refractivity contribution >= 4 is 29.3 Å². The summed E-state index contributed by atoms with van der Waals surface area (Å²) >= 11 is 7.50. The number of carbonyl (C=O) groups excluding carboxylic acids is 1. The van der Waals surface area contributed by atoms with Gasteiger partial charge in [0, 0.05) is 17.6 Å². The second-order valence-electron chi connectivity index (χ2n) is 5.91. The number of benzene rings is 1. The number of rotatable bonds is 2. The molecule has 116 valence electrons. The molecule has 1 N–H and O–H groups in total. The van der Waals surface area contributed by atoms with Crippen molar-refractivity contribution in [2.24, 2.45) is 0 Å². The van der Waals surface area contributed by atoms with E-state index in [2.05, 4.69) is 5.32 Å². The summed E-state index contributed by atoms with van der Waals surface area (Å²) in [5.74, 6) is -0.363. The van der Waals surface area contributed by atoms with Crippen molar-refractivity contribution in [1.29, 1.82) is 0 Å². The highest BCUT2D eigenvalue weighted by Crippen LogP contribution is 2.44. The highest BCUT2D eigenvalue weighted by Gasteiger charge is 2.52. The van der Waals surface area contributed by atoms with Crippen LogP contribution < -0.4 is 5.32 Å². The molecule has 22 heavy (non-hydrogen) atoms. The summed E-state index contributed by atoms with van der Waals surface area (Å²) in [4.78, 5) is 14.3. The molecule has 0 saturated carbocycles. The number of nitrogens with zero attached hydrogens (tertiary/aromatic N) is 1. The molecule has 0 bridgehead atoms. The highest BCUT2D eigenvalue weighted by atomic mass is 35.5. The van der Waals surface area contributed by atoms with Gasteiger partial charge in [-0.3, -0.25) is 4.79 Å². The minimum atomic E-state index is -0.366. The van der Waals surface area contributed by atoms with E-state index in [0.29, 0.717) is 24.7 Å². The quantitative estimate of drug-likeness (QED) is 0.898. The number of carbonyl (C=O) groups is 1. The maximum absolute atomic E-state index is 13.6. The molecule has 1 aromatic carbocycles. The predicted molar refractivity (Wildman–Crippen MR) is 82.8 cm³/mol. The molecule has 1 amide bonds. The maximum atomic E-state index is 13.6. The molecule has 3 heterocycles. The average molecular weight is 341 g/mol. The van der Waals surface area contributed by atoms with Crippen LogP contribution in [0.1, 0.15) is 17.4 Å². The highest BCUT2D eigenvalue weighted by molar-refractivity contribution is 8.02. The third kappa shape index (κ3) is 2.30. The van der Waals surface area contributed by atoms with Crippen molar-refractivity contribution in [3.63, 3.8) is 0 Å². The van der Waals surface area contributed by atoms with Crippen molar-refractivity contribution in [2.45, 2.75) is 23.4 Å². The Hall–Kier alpha value is -1.24. The topological polar surface area (TPSA) is 41.6 Å². The second kappa shape index (κ2) is 5.15. The lowest BCUT2D eigenvalue weighted by molar-refractivity contribution is -0.126. The first-order valence-electron chi connectivity index (χ1n) is 7.02. The van der Waals surface area contributed by atoms with Gasteiger partial charge in [-0.2, -0.15) is 0 Å². The van der Waals surface area contributed by atoms with Crippen molar-refractivity contribution in [3.05, 3.63) is 46.2 Å². The summed E-state index contributed by atoms with van der Waals surface area (Å²) in [7, 11) is 0. The van der Waals surface area contributed by atoms with Crippen LogP contribution in [0.5, 0.6) is 0 Å². The normalized spacial score (nSPS) is 29.0. The van der Waals surface area contributed by atoms with Gasteiger partial charge in [-0.05, 0) is 29.2 Å². The van der Waals surface area contributed by atoms with Crippen LogP contribution in [-0.4, -0.2) is 35.6 Å². The average Bonchev–Trinajstić information content (AvgIpc) is 3.00. The van der Waals surface area contributed by atoms with Crippen LogP contribution in [0.15, 0.2) is 29.8 Å². The first-order chi connectivity index (χ1) is 10.6. The van der Waals surface area contributed by atoms with Gasteiger partial charge in [0.15, 0.2) is 0 Å². The van der Waals surface area contributed by atoms with E-state index in [1.54, 1.807) is 17.8 Å². The van der Waals surface area contributed by atoms with E-state index < -0.39 is 0 Å². The molecule has 2 atom stereocenters. The number of amides is 1. The first-order valence-corrected chi connectivity index (χ1v) is 8.34. The molecule has 3 aliphatic heterocycles. The molecule has 1 unspecified atom stereocenters. The fraction of sp³-hybridized carbons (Fsp3) is 0.400. The molecule has 7 heteroatoms. The van der Waals surface area contributed by atoms with Gasteiger partial charge in [0.25, 0.3) is 0 Å². The minimum absolute atomic E-state index is 0.00273. The molecule has 2 saturated heterocycles. The lowest BCUT2D eigenvalue weighted by atomic mass is 9.93. The van der Waals surface area contributed by atoms with Crippen molar-refractivity contribution in [2.75, 3.05) is 13.2 Å². The molecule has 4 rings (SSSR count). The minimum Gasteiger partial charge on any atom is -0.376 e. The summed E-state index contributed by atoms with van der Waals surface area (Å²) in [6.07, 6.45) is 2.60. The van der Waals surface area contributed by atoms with Gasteiger partial charge in [0.2, 0.25) is 5.91 Å². The Morgan fingerprint density at radius 1 is 1.41 bits per heavy atom. The molecule has 0 aromatic heterocycles. The number of hydrogen-bond donors (Lipinski definition) is 1. The van der Waals surface area contributed by atoms with Gasteiger partial charge in [0.1, 0.15) is 17.2 Å². The third-order valence-corrected chi connectivity index (χ3v) is 5.54. The van der Waals surface area contributed by atoms with Gasteiger partial charge < -0.3 is 15.0 Å². The fourth-order valence-corrected chi connectivity index (χ4v) is 4.44. The summed E-state index contributed by atoms with van der Waals surface area (Å²) in [6, 6.07) is 4.24. The molecule has 1 spiro atoms. The smallest absolute Gasteiger partial charge is 0.243 e. The summed E-state index contributed by atoms with van der Waals surface area (Å²) in [5.41, 5.74) is 0.547. The zero-order valence-corrected chi connectivity index (χ0v) is 13.2.